The first kappa shape index (κ1) is 47.9. The predicted molar refractivity (Wildman–Crippen MR) is 238 cm³/mol. The second-order valence-corrected chi connectivity index (χ2v) is 16.4. The Hall–Kier alpha value is -7.58. The second-order valence-electron chi connectivity index (χ2n) is 16.4. The maximum atomic E-state index is 14.4. The number of carbonyl (C=O) groups excluding carboxylic acids is 9. The smallest absolute Gasteiger partial charge is 0.325 e. The number of para-hydroxylation sites is 1. The number of H-pyrrole nitrogens is 2. The minimum absolute atomic E-state index is 0.0387. The highest BCUT2D eigenvalue weighted by Gasteiger charge is 2.44. The molecule has 2 bridgehead atoms. The van der Waals surface area contributed by atoms with E-state index >= 15 is 0 Å². The van der Waals surface area contributed by atoms with E-state index in [9.17, 15) is 43.2 Å². The molecule has 0 unspecified atom stereocenters. The molecule has 10 amide bonds. The topological polar surface area (TPSA) is 312 Å². The van der Waals surface area contributed by atoms with Gasteiger partial charge in [-0.2, -0.15) is 0 Å². The summed E-state index contributed by atoms with van der Waals surface area (Å²) in [5, 5.41) is 19.5. The highest BCUT2D eigenvalue weighted by atomic mass is 16.2. The number of nitrogens with two attached hydrogens (primary N) is 1. The fourth-order valence-electron chi connectivity index (χ4n) is 7.91. The molecule has 21 nitrogen and oxygen atoms in total. The zero-order valence-electron chi connectivity index (χ0n) is 36.7. The van der Waals surface area contributed by atoms with Crippen LogP contribution in [0.25, 0.3) is 10.9 Å². The maximum absolute atomic E-state index is 14.4. The summed E-state index contributed by atoms with van der Waals surface area (Å²) in [6, 6.07) is 6.24. The first-order valence-electron chi connectivity index (χ1n) is 22.0. The number of carbonyl (C=O) groups is 9. The fourth-order valence-corrected chi connectivity index (χ4v) is 7.91. The van der Waals surface area contributed by atoms with E-state index < -0.39 is 95.6 Å². The molecule has 7 atom stereocenters. The van der Waals surface area contributed by atoms with Crippen molar-refractivity contribution in [1.82, 2.24) is 57.1 Å². The van der Waals surface area contributed by atoms with Crippen LogP contribution in [0.2, 0.25) is 0 Å². The molecule has 0 radical (unpaired) electrons. The van der Waals surface area contributed by atoms with Gasteiger partial charge in [0.25, 0.3) is 5.91 Å². The van der Waals surface area contributed by atoms with E-state index in [1.54, 1.807) is 36.5 Å². The number of nitrogens with zero attached hydrogens (tertiary/aromatic N) is 2. The number of unbranched alkanes of at least 4 members (excludes halogenated alkanes) is 1. The van der Waals surface area contributed by atoms with Crippen LogP contribution in [0.3, 0.4) is 0 Å². The Balaban J connectivity index is 1.34. The van der Waals surface area contributed by atoms with Crippen LogP contribution in [0.5, 0.6) is 0 Å². The van der Waals surface area contributed by atoms with E-state index in [2.05, 4.69) is 52.2 Å². The van der Waals surface area contributed by atoms with Crippen molar-refractivity contribution in [1.29, 1.82) is 0 Å². The van der Waals surface area contributed by atoms with Crippen molar-refractivity contribution in [2.24, 2.45) is 5.73 Å². The Labute approximate surface area is 379 Å². The molecule has 2 aliphatic heterocycles. The summed E-state index contributed by atoms with van der Waals surface area (Å²) in [5.74, 6) is -6.10. The van der Waals surface area contributed by atoms with Gasteiger partial charge in [0.05, 0.1) is 6.33 Å². The minimum Gasteiger partial charge on any atom is -0.368 e. The third-order valence-corrected chi connectivity index (χ3v) is 11.6. The van der Waals surface area contributed by atoms with Gasteiger partial charge in [0.1, 0.15) is 42.3 Å². The molecular weight excluding hydrogens is 853 g/mol. The highest BCUT2D eigenvalue weighted by molar-refractivity contribution is 6.08. The van der Waals surface area contributed by atoms with Crippen LogP contribution in [-0.4, -0.2) is 122 Å². The number of amides is 10. The molecule has 11 N–H and O–H groups in total. The van der Waals surface area contributed by atoms with Gasteiger partial charge in [-0.25, -0.2) is 9.78 Å². The van der Waals surface area contributed by atoms with Gasteiger partial charge >= 0.3 is 6.03 Å². The summed E-state index contributed by atoms with van der Waals surface area (Å²) < 4.78 is 0. The first-order chi connectivity index (χ1) is 31.7. The fraction of sp³-hybridized carbons (Fsp3) is 0.422. The number of primary amides is 1. The van der Waals surface area contributed by atoms with Crippen LogP contribution in [0, 0.1) is 0 Å². The lowest BCUT2D eigenvalue weighted by molar-refractivity contribution is -0.137. The number of imidazole rings is 1. The lowest BCUT2D eigenvalue weighted by Gasteiger charge is -2.28. The second kappa shape index (κ2) is 22.4. The van der Waals surface area contributed by atoms with Crippen molar-refractivity contribution in [2.75, 3.05) is 6.54 Å². The number of imide groups is 1. The third-order valence-electron chi connectivity index (χ3n) is 11.6. The van der Waals surface area contributed by atoms with E-state index in [4.69, 9.17) is 5.73 Å². The van der Waals surface area contributed by atoms with Gasteiger partial charge in [0.15, 0.2) is 0 Å². The standard InChI is InChI=1S/C45H56N12O9/c1-3-4-13-32-40(61)55-35(20-27-22-49-30-14-9-8-12-29(27)30)42(63)51-31(38(46)59)17-18-48-37(58)16-15-33-44(65)57(45(66)56-33)25(2)39(60)53-36(21-28-23-47-24-50-28)43(64)54-34(41(62)52-32)19-26-10-6-5-7-11-26/h5-12,14,22-25,31-36,49H,3-4,13,15-21H2,1-2H3,(H2,46,59)(H,47,50)(H,48,58)(H,51,63)(H,52,62)(H,53,60)(H,54,64)(H,55,61)(H,56,66)/t25-,31+,32+,33+,34-,35+,36+/m1/s1. The summed E-state index contributed by atoms with van der Waals surface area (Å²) in [6.45, 7) is 3.09. The molecule has 350 valence electrons. The molecule has 2 aromatic heterocycles. The molecule has 4 heterocycles. The average molecular weight is 909 g/mol. The predicted octanol–water partition coefficient (Wildman–Crippen LogP) is -0.373. The van der Waals surface area contributed by atoms with Crippen LogP contribution in [-0.2, 0) is 57.6 Å². The lowest BCUT2D eigenvalue weighted by Crippen LogP contribution is -2.60. The summed E-state index contributed by atoms with van der Waals surface area (Å²) in [4.78, 5) is 134. The van der Waals surface area contributed by atoms with Gasteiger partial charge in [-0.3, -0.25) is 43.3 Å². The van der Waals surface area contributed by atoms with E-state index in [-0.39, 0.29) is 51.5 Å². The van der Waals surface area contributed by atoms with E-state index in [1.807, 2.05) is 31.2 Å². The van der Waals surface area contributed by atoms with E-state index in [0.717, 1.165) is 10.9 Å². The number of rotatable bonds is 10. The Morgan fingerprint density at radius 3 is 2.06 bits per heavy atom. The van der Waals surface area contributed by atoms with Crippen LogP contribution in [0.15, 0.2) is 73.3 Å². The normalized spacial score (nSPS) is 24.5. The van der Waals surface area contributed by atoms with Gasteiger partial charge in [-0.05, 0) is 43.4 Å². The lowest BCUT2D eigenvalue weighted by atomic mass is 10.0. The number of aromatic amines is 2. The van der Waals surface area contributed by atoms with E-state index in [0.29, 0.717) is 34.6 Å². The zero-order valence-corrected chi connectivity index (χ0v) is 36.7. The molecular formula is C45H56N12O9. The SMILES string of the molecule is CCCC[C@@H]1NC(=O)[C@@H](Cc2ccccc2)NC(=O)[C@H](Cc2cnc[nH]2)NC(=O)[C@@H](C)N2C(=O)N[C@@H](CCC(=O)NCC[C@@H](C(N)=O)NC(=O)[C@H](Cc3c[nH]c4ccccc34)NC1=O)C2=O. The van der Waals surface area contributed by atoms with Gasteiger partial charge in [0.2, 0.25) is 41.4 Å². The van der Waals surface area contributed by atoms with Gasteiger partial charge in [-0.1, -0.05) is 68.3 Å². The largest absolute Gasteiger partial charge is 0.368 e. The number of hydrogen-bond donors (Lipinski definition) is 10. The molecule has 66 heavy (non-hydrogen) atoms. The maximum Gasteiger partial charge on any atom is 0.325 e. The number of urea groups is 1. The van der Waals surface area contributed by atoms with Crippen molar-refractivity contribution < 1.29 is 43.2 Å². The summed E-state index contributed by atoms with van der Waals surface area (Å²) in [6.07, 6.45) is 5.07. The number of fused-ring (bicyclic) bond motifs is 3. The van der Waals surface area contributed by atoms with Crippen LogP contribution < -0.4 is 43.0 Å². The number of nitrogens with one attached hydrogen (secondary N) is 9. The minimum atomic E-state index is -1.41. The van der Waals surface area contributed by atoms with Crippen molar-refractivity contribution in [3.05, 3.63) is 90.1 Å². The van der Waals surface area contributed by atoms with Crippen molar-refractivity contribution in [3.63, 3.8) is 0 Å². The number of hydrogen-bond acceptors (Lipinski definition) is 10. The summed E-state index contributed by atoms with van der Waals surface area (Å²) >= 11 is 0. The molecule has 2 aromatic carbocycles. The zero-order chi connectivity index (χ0) is 47.3. The van der Waals surface area contributed by atoms with Crippen LogP contribution in [0.1, 0.15) is 69.2 Å². The molecule has 2 aliphatic rings. The summed E-state index contributed by atoms with van der Waals surface area (Å²) in [5.41, 5.74) is 8.26. The van der Waals surface area contributed by atoms with E-state index in [1.165, 1.54) is 19.4 Å². The molecule has 2 fully saturated rings. The quantitative estimate of drug-likeness (QED) is 0.0921. The Morgan fingerprint density at radius 2 is 1.36 bits per heavy atom. The molecule has 0 saturated carbocycles. The Morgan fingerprint density at radius 1 is 0.727 bits per heavy atom. The average Bonchev–Trinajstić information content (AvgIpc) is 4.04. The van der Waals surface area contributed by atoms with Crippen LogP contribution >= 0.6 is 0 Å². The van der Waals surface area contributed by atoms with Gasteiger partial charge in [-0.15, -0.1) is 0 Å². The Kier molecular flexibility index (Phi) is 16.2. The van der Waals surface area contributed by atoms with Gasteiger partial charge < -0.3 is 52.9 Å². The van der Waals surface area contributed by atoms with Gasteiger partial charge in [0, 0.05) is 61.2 Å². The number of benzene rings is 2. The molecule has 0 spiro atoms. The molecule has 0 aliphatic carbocycles. The molecule has 21 heteroatoms. The first-order valence-corrected chi connectivity index (χ1v) is 22.0. The molecule has 6 rings (SSSR count). The Bertz CT molecular complexity index is 2410. The summed E-state index contributed by atoms with van der Waals surface area (Å²) in [7, 11) is 0. The van der Waals surface area contributed by atoms with Crippen LogP contribution in [0.4, 0.5) is 4.79 Å². The van der Waals surface area contributed by atoms with Crippen molar-refractivity contribution in [3.8, 4) is 0 Å². The highest BCUT2D eigenvalue weighted by Crippen LogP contribution is 2.20. The third kappa shape index (κ3) is 12.4. The number of aromatic nitrogens is 3. The monoisotopic (exact) mass is 908 g/mol. The molecule has 4 aromatic rings. The molecule has 2 saturated heterocycles. The van der Waals surface area contributed by atoms with Crippen molar-refractivity contribution in [2.45, 2.75) is 114 Å². The van der Waals surface area contributed by atoms with Crippen molar-refractivity contribution >= 4 is 64.2 Å².